The van der Waals surface area contributed by atoms with E-state index in [0.717, 1.165) is 12.1 Å². The van der Waals surface area contributed by atoms with Gasteiger partial charge in [-0.25, -0.2) is 8.78 Å². The molecule has 8 heteroatoms. The van der Waals surface area contributed by atoms with Crippen LogP contribution >= 0.6 is 0 Å². The van der Waals surface area contributed by atoms with Crippen molar-refractivity contribution >= 4 is 17.3 Å². The summed E-state index contributed by atoms with van der Waals surface area (Å²) in [6.07, 6.45) is 0. The molecule has 1 N–H and O–H groups in total. The van der Waals surface area contributed by atoms with Crippen LogP contribution in [0.15, 0.2) is 42.5 Å². The molecule has 0 atom stereocenters. The first-order valence-electron chi connectivity index (χ1n) is 6.89. The van der Waals surface area contributed by atoms with Crippen molar-refractivity contribution in [3.05, 3.63) is 64.2 Å². The largest absolute Gasteiger partial charge is 0.475 e. The van der Waals surface area contributed by atoms with E-state index in [2.05, 4.69) is 5.32 Å². The number of rotatable bonds is 5. The number of non-ortho nitro benzene ring substituents is 1. The van der Waals surface area contributed by atoms with E-state index in [-0.39, 0.29) is 11.4 Å². The average Bonchev–Trinajstić information content (AvgIpc) is 2.50. The maximum Gasteiger partial charge on any atom is 0.269 e. The van der Waals surface area contributed by atoms with Gasteiger partial charge in [-0.15, -0.1) is 0 Å². The van der Waals surface area contributed by atoms with Gasteiger partial charge in [0.15, 0.2) is 17.2 Å². The van der Waals surface area contributed by atoms with E-state index in [1.165, 1.54) is 38.1 Å². The van der Waals surface area contributed by atoms with Gasteiger partial charge in [0, 0.05) is 23.9 Å². The van der Waals surface area contributed by atoms with Gasteiger partial charge >= 0.3 is 0 Å². The molecule has 126 valence electrons. The van der Waals surface area contributed by atoms with Crippen molar-refractivity contribution < 1.29 is 23.2 Å². The normalized spacial score (nSPS) is 11.0. The summed E-state index contributed by atoms with van der Waals surface area (Å²) < 4.78 is 31.8. The summed E-state index contributed by atoms with van der Waals surface area (Å²) >= 11 is 0. The first-order chi connectivity index (χ1) is 11.2. The lowest BCUT2D eigenvalue weighted by Gasteiger charge is -2.25. The Bertz CT molecular complexity index is 776. The molecule has 0 heterocycles. The monoisotopic (exact) mass is 336 g/mol. The minimum absolute atomic E-state index is 0.114. The van der Waals surface area contributed by atoms with Crippen LogP contribution in [-0.4, -0.2) is 16.4 Å². The van der Waals surface area contributed by atoms with E-state index in [9.17, 15) is 23.7 Å². The lowest BCUT2D eigenvalue weighted by molar-refractivity contribution is -0.384. The molecule has 0 radical (unpaired) electrons. The fourth-order valence-electron chi connectivity index (χ4n) is 1.83. The summed E-state index contributed by atoms with van der Waals surface area (Å²) in [5.41, 5.74) is -1.25. The standard InChI is InChI=1S/C16H14F2N2O4/c1-16(2,24-14-8-3-10(17)9-13(14)18)15(21)19-11-4-6-12(7-5-11)20(22)23/h3-9H,1-2H3,(H,19,21). The predicted octanol–water partition coefficient (Wildman–Crippen LogP) is 3.67. The molecule has 1 amide bonds. The quantitative estimate of drug-likeness (QED) is 0.667. The topological polar surface area (TPSA) is 81.5 Å². The molecule has 0 fully saturated rings. The average molecular weight is 336 g/mol. The number of amides is 1. The Morgan fingerprint density at radius 3 is 2.33 bits per heavy atom. The molecule has 0 saturated carbocycles. The van der Waals surface area contributed by atoms with Crippen LogP contribution in [0.3, 0.4) is 0 Å². The molecule has 2 aromatic carbocycles. The Morgan fingerprint density at radius 1 is 1.17 bits per heavy atom. The van der Waals surface area contributed by atoms with Gasteiger partial charge in [0.05, 0.1) is 4.92 Å². The third kappa shape index (κ3) is 4.03. The van der Waals surface area contributed by atoms with Gasteiger partial charge in [-0.1, -0.05) is 0 Å². The number of halogens is 2. The predicted molar refractivity (Wildman–Crippen MR) is 82.8 cm³/mol. The van der Waals surface area contributed by atoms with Crippen LogP contribution in [0.2, 0.25) is 0 Å². The Kier molecular flexibility index (Phi) is 4.77. The molecule has 24 heavy (non-hydrogen) atoms. The Labute approximate surface area is 136 Å². The molecule has 0 aliphatic heterocycles. The summed E-state index contributed by atoms with van der Waals surface area (Å²) in [4.78, 5) is 22.3. The number of carbonyl (C=O) groups excluding carboxylic acids is 1. The maximum absolute atomic E-state index is 13.6. The molecule has 2 rings (SSSR count). The van der Waals surface area contributed by atoms with Gasteiger partial charge in [0.25, 0.3) is 11.6 Å². The number of hydrogen-bond donors (Lipinski definition) is 1. The molecular weight excluding hydrogens is 322 g/mol. The van der Waals surface area contributed by atoms with Gasteiger partial charge < -0.3 is 10.1 Å². The van der Waals surface area contributed by atoms with Crippen LogP contribution in [-0.2, 0) is 4.79 Å². The summed E-state index contributed by atoms with van der Waals surface area (Å²) in [5.74, 6) is -2.54. The summed E-state index contributed by atoms with van der Waals surface area (Å²) in [6.45, 7) is 2.83. The number of nitrogens with zero attached hydrogens (tertiary/aromatic N) is 1. The van der Waals surface area contributed by atoms with Crippen molar-refractivity contribution in [1.29, 1.82) is 0 Å². The maximum atomic E-state index is 13.6. The highest BCUT2D eigenvalue weighted by Gasteiger charge is 2.31. The summed E-state index contributed by atoms with van der Waals surface area (Å²) in [7, 11) is 0. The van der Waals surface area contributed by atoms with Crippen LogP contribution in [0.5, 0.6) is 5.75 Å². The molecule has 0 spiro atoms. The number of ether oxygens (including phenoxy) is 1. The number of carbonyl (C=O) groups is 1. The zero-order valence-corrected chi connectivity index (χ0v) is 12.9. The number of nitrogens with one attached hydrogen (secondary N) is 1. The van der Waals surface area contributed by atoms with Crippen molar-refractivity contribution in [3.63, 3.8) is 0 Å². The van der Waals surface area contributed by atoms with Gasteiger partial charge in [0.2, 0.25) is 0 Å². The van der Waals surface area contributed by atoms with Crippen LogP contribution in [0.4, 0.5) is 20.2 Å². The van der Waals surface area contributed by atoms with E-state index in [4.69, 9.17) is 4.74 Å². The SMILES string of the molecule is CC(C)(Oc1ccc(F)cc1F)C(=O)Nc1ccc([N+](=O)[O-])cc1. The van der Waals surface area contributed by atoms with Crippen LogP contribution in [0, 0.1) is 21.7 Å². The Morgan fingerprint density at radius 2 is 1.79 bits per heavy atom. The van der Waals surface area contributed by atoms with E-state index >= 15 is 0 Å². The molecule has 0 unspecified atom stereocenters. The number of nitro benzene ring substituents is 1. The highest BCUT2D eigenvalue weighted by molar-refractivity contribution is 5.97. The van der Waals surface area contributed by atoms with Gasteiger partial charge in [-0.05, 0) is 38.1 Å². The minimum atomic E-state index is -1.46. The molecule has 0 aromatic heterocycles. The zero-order valence-electron chi connectivity index (χ0n) is 12.9. The first kappa shape index (κ1) is 17.3. The second kappa shape index (κ2) is 6.61. The highest BCUT2D eigenvalue weighted by Crippen LogP contribution is 2.24. The third-order valence-corrected chi connectivity index (χ3v) is 3.14. The molecule has 0 aliphatic rings. The number of hydrogen-bond acceptors (Lipinski definition) is 4. The lowest BCUT2D eigenvalue weighted by atomic mass is 10.1. The van der Waals surface area contributed by atoms with Crippen molar-refractivity contribution in [2.75, 3.05) is 5.32 Å². The smallest absolute Gasteiger partial charge is 0.269 e. The second-order valence-corrected chi connectivity index (χ2v) is 5.45. The zero-order chi connectivity index (χ0) is 17.9. The number of benzene rings is 2. The fourth-order valence-corrected chi connectivity index (χ4v) is 1.83. The second-order valence-electron chi connectivity index (χ2n) is 5.45. The van der Waals surface area contributed by atoms with E-state index < -0.39 is 28.1 Å². The fraction of sp³-hybridized carbons (Fsp3) is 0.188. The van der Waals surface area contributed by atoms with Gasteiger partial charge in [-0.2, -0.15) is 0 Å². The van der Waals surface area contributed by atoms with Crippen LogP contribution in [0.1, 0.15) is 13.8 Å². The summed E-state index contributed by atoms with van der Waals surface area (Å²) in [6, 6.07) is 7.97. The molecular formula is C16H14F2N2O4. The van der Waals surface area contributed by atoms with E-state index in [1.54, 1.807) is 0 Å². The highest BCUT2D eigenvalue weighted by atomic mass is 19.1. The molecule has 2 aromatic rings. The van der Waals surface area contributed by atoms with E-state index in [0.29, 0.717) is 11.8 Å². The third-order valence-electron chi connectivity index (χ3n) is 3.14. The van der Waals surface area contributed by atoms with Crippen LogP contribution < -0.4 is 10.1 Å². The molecule has 0 saturated heterocycles. The first-order valence-corrected chi connectivity index (χ1v) is 6.89. The minimum Gasteiger partial charge on any atom is -0.475 e. The molecule has 0 bridgehead atoms. The van der Waals surface area contributed by atoms with Gasteiger partial charge in [0.1, 0.15) is 5.82 Å². The lowest BCUT2D eigenvalue weighted by Crippen LogP contribution is -2.42. The Hall–Kier alpha value is -3.03. The van der Waals surface area contributed by atoms with Crippen molar-refractivity contribution in [1.82, 2.24) is 0 Å². The molecule has 0 aliphatic carbocycles. The van der Waals surface area contributed by atoms with Crippen molar-refractivity contribution in [3.8, 4) is 5.75 Å². The van der Waals surface area contributed by atoms with Crippen molar-refractivity contribution in [2.45, 2.75) is 19.4 Å². The number of nitro groups is 1. The number of anilines is 1. The Balaban J connectivity index is 2.10. The van der Waals surface area contributed by atoms with Crippen molar-refractivity contribution in [2.24, 2.45) is 0 Å². The van der Waals surface area contributed by atoms with E-state index in [1.807, 2.05) is 0 Å². The van der Waals surface area contributed by atoms with Gasteiger partial charge in [-0.3, -0.25) is 14.9 Å². The molecule has 6 nitrogen and oxygen atoms in total. The van der Waals surface area contributed by atoms with Crippen LogP contribution in [0.25, 0.3) is 0 Å². The summed E-state index contributed by atoms with van der Waals surface area (Å²) in [5, 5.41) is 13.1.